The fourth-order valence-electron chi connectivity index (χ4n) is 5.58. The van der Waals surface area contributed by atoms with Crippen molar-refractivity contribution >= 4 is 42.3 Å². The van der Waals surface area contributed by atoms with Crippen LogP contribution < -0.4 is 22.6 Å². The zero-order valence-corrected chi connectivity index (χ0v) is 26.5. The number of aromatic nitrogens is 6. The van der Waals surface area contributed by atoms with E-state index >= 15 is 0 Å². The zero-order chi connectivity index (χ0) is 35.0. The number of ether oxygens (including phenoxy) is 2. The number of aliphatic hydroxyl groups is 6. The third kappa shape index (κ3) is 6.55. The first kappa shape index (κ1) is 35.7. The van der Waals surface area contributed by atoms with E-state index in [2.05, 4.69) is 24.6 Å². The smallest absolute Gasteiger partial charge is 0.262 e. The summed E-state index contributed by atoms with van der Waals surface area (Å²) in [6, 6.07) is 0. The first-order chi connectivity index (χ1) is 22.8. The van der Waals surface area contributed by atoms with E-state index < -0.39 is 76.2 Å². The highest BCUT2D eigenvalue weighted by Crippen LogP contribution is 2.37. The van der Waals surface area contributed by atoms with E-state index in [9.17, 15) is 40.0 Å². The quantitative estimate of drug-likeness (QED) is 0.0475. The molecule has 6 rings (SSSR count). The summed E-state index contributed by atoms with van der Waals surface area (Å²) in [5, 5.41) is 59.0. The third-order valence-electron chi connectivity index (χ3n) is 7.93. The molecule has 2 aliphatic heterocycles. The van der Waals surface area contributed by atoms with Gasteiger partial charge in [0.1, 0.15) is 36.9 Å². The Hall–Kier alpha value is -3.57. The molecule has 21 nitrogen and oxygen atoms in total. The Morgan fingerprint density at radius 1 is 0.833 bits per heavy atom. The van der Waals surface area contributed by atoms with Crippen LogP contribution in [0.4, 0.5) is 11.9 Å². The molecule has 2 aliphatic rings. The van der Waals surface area contributed by atoms with Gasteiger partial charge in [-0.2, -0.15) is 19.5 Å². The predicted molar refractivity (Wildman–Crippen MR) is 166 cm³/mol. The molecule has 0 aliphatic carbocycles. The molecule has 0 bridgehead atoms. The maximum atomic E-state index is 12.2. The molecule has 4 aromatic heterocycles. The average Bonchev–Trinajstić information content (AvgIpc) is 3.77. The molecule has 0 radical (unpaired) electrons. The summed E-state index contributed by atoms with van der Waals surface area (Å²) in [7, 11) is -2.25. The lowest BCUT2D eigenvalue weighted by molar-refractivity contribution is -0.332. The van der Waals surface area contributed by atoms with E-state index in [1.165, 1.54) is 9.13 Å². The van der Waals surface area contributed by atoms with Crippen molar-refractivity contribution in [3.8, 4) is 0 Å². The van der Waals surface area contributed by atoms with Gasteiger partial charge < -0.3 is 65.6 Å². The SMILES string of the molecule is CCc1cn([C@@H]2O[C@H](CO)[C@H](O)C2O)c2nc(N)[nH]c(=O)c12.CCc1cn([C@@H]2O[C@H](OOP(O)CO)[C@H](O)C2O)c2nc(N)[nH]c(=O)c12. The van der Waals surface area contributed by atoms with Gasteiger partial charge in [-0.25, -0.2) is 0 Å². The van der Waals surface area contributed by atoms with Gasteiger partial charge in [-0.05, 0) is 24.0 Å². The molecule has 9 atom stereocenters. The number of fused-ring (bicyclic) bond motifs is 2. The van der Waals surface area contributed by atoms with Gasteiger partial charge in [-0.15, -0.1) is 0 Å². The third-order valence-corrected chi connectivity index (χ3v) is 8.43. The summed E-state index contributed by atoms with van der Waals surface area (Å²) in [5.41, 5.74) is 12.2. The number of aliphatic hydroxyl groups excluding tert-OH is 6. The summed E-state index contributed by atoms with van der Waals surface area (Å²) in [4.78, 5) is 51.3. The summed E-state index contributed by atoms with van der Waals surface area (Å²) in [6.45, 7) is 3.30. The van der Waals surface area contributed by atoms with Crippen molar-refractivity contribution in [3.63, 3.8) is 0 Å². The van der Waals surface area contributed by atoms with E-state index in [4.69, 9.17) is 30.9 Å². The number of rotatable bonds is 9. The van der Waals surface area contributed by atoms with Gasteiger partial charge in [-0.1, -0.05) is 13.8 Å². The second-order valence-corrected chi connectivity index (χ2v) is 12.0. The Morgan fingerprint density at radius 2 is 1.31 bits per heavy atom. The van der Waals surface area contributed by atoms with Crippen LogP contribution in [0.15, 0.2) is 22.0 Å². The highest BCUT2D eigenvalue weighted by Gasteiger charge is 2.47. The van der Waals surface area contributed by atoms with Crippen LogP contribution in [0.1, 0.15) is 37.4 Å². The summed E-state index contributed by atoms with van der Waals surface area (Å²) >= 11 is 0. The van der Waals surface area contributed by atoms with E-state index in [-0.39, 0.29) is 28.8 Å². The summed E-state index contributed by atoms with van der Waals surface area (Å²) in [5.74, 6) is -0.159. The van der Waals surface area contributed by atoms with Crippen LogP contribution in [0.2, 0.25) is 0 Å². The maximum Gasteiger partial charge on any atom is 0.262 e. The molecule has 2 saturated heterocycles. The van der Waals surface area contributed by atoms with Crippen LogP contribution in [0.25, 0.3) is 22.1 Å². The summed E-state index contributed by atoms with van der Waals surface area (Å²) in [6.07, 6.45) is -6.22. The Morgan fingerprint density at radius 3 is 1.75 bits per heavy atom. The van der Waals surface area contributed by atoms with E-state index in [1.807, 2.05) is 13.8 Å². The van der Waals surface area contributed by atoms with Gasteiger partial charge in [0.2, 0.25) is 26.6 Å². The Bertz CT molecular complexity index is 1860. The molecule has 0 saturated carbocycles. The van der Waals surface area contributed by atoms with Gasteiger partial charge >= 0.3 is 0 Å². The minimum absolute atomic E-state index is 0.0498. The highest BCUT2D eigenvalue weighted by atomic mass is 31.2. The molecule has 0 spiro atoms. The zero-order valence-electron chi connectivity index (χ0n) is 25.6. The van der Waals surface area contributed by atoms with Crippen molar-refractivity contribution < 1.29 is 54.6 Å². The number of aromatic amines is 2. The van der Waals surface area contributed by atoms with Crippen molar-refractivity contribution in [3.05, 3.63) is 44.2 Å². The number of H-pyrrole nitrogens is 2. The number of aryl methyl sites for hydroxylation is 2. The number of nitrogens with one attached hydrogen (secondary N) is 2. The van der Waals surface area contributed by atoms with Crippen LogP contribution in [0, 0.1) is 0 Å². The number of anilines is 2. The fourth-order valence-corrected chi connectivity index (χ4v) is 5.82. The predicted octanol–water partition coefficient (Wildman–Crippen LogP) is -2.87. The molecule has 3 unspecified atom stereocenters. The van der Waals surface area contributed by atoms with E-state index in [0.29, 0.717) is 29.2 Å². The normalized spacial score (nSPS) is 27.9. The molecule has 48 heavy (non-hydrogen) atoms. The lowest BCUT2D eigenvalue weighted by atomic mass is 10.1. The van der Waals surface area contributed by atoms with Gasteiger partial charge in [0.15, 0.2) is 23.8 Å². The Labute approximate surface area is 270 Å². The molecule has 0 aromatic carbocycles. The van der Waals surface area contributed by atoms with Gasteiger partial charge in [0.25, 0.3) is 11.1 Å². The monoisotopic (exact) mass is 700 g/mol. The Kier molecular flexibility index (Phi) is 10.8. The number of nitrogen functional groups attached to an aromatic ring is 2. The minimum atomic E-state index is -2.25. The van der Waals surface area contributed by atoms with Crippen molar-refractivity contribution in [1.29, 1.82) is 0 Å². The largest absolute Gasteiger partial charge is 0.394 e. The van der Waals surface area contributed by atoms with Gasteiger partial charge in [0, 0.05) is 12.4 Å². The lowest BCUT2D eigenvalue weighted by Crippen LogP contribution is -2.33. The first-order valence-corrected chi connectivity index (χ1v) is 16.1. The number of hydrogen-bond acceptors (Lipinski definition) is 17. The maximum absolute atomic E-state index is 12.2. The molecule has 264 valence electrons. The van der Waals surface area contributed by atoms with Crippen LogP contribution in [-0.2, 0) is 31.9 Å². The summed E-state index contributed by atoms with van der Waals surface area (Å²) < 4.78 is 18.3. The number of nitrogens with zero attached hydrogens (tertiary/aromatic N) is 4. The fraction of sp³-hybridized carbons (Fsp3) is 0.538. The second kappa shape index (κ2) is 14.5. The van der Waals surface area contributed by atoms with Gasteiger partial charge in [0.05, 0.1) is 17.4 Å². The lowest BCUT2D eigenvalue weighted by Gasteiger charge is -2.17. The average molecular weight is 701 g/mol. The first-order valence-electron chi connectivity index (χ1n) is 14.7. The van der Waals surface area contributed by atoms with Crippen molar-refractivity contribution in [2.45, 2.75) is 76.0 Å². The molecular weight excluding hydrogens is 663 g/mol. The molecule has 2 fully saturated rings. The van der Waals surface area contributed by atoms with Crippen molar-refractivity contribution in [2.75, 3.05) is 24.4 Å². The van der Waals surface area contributed by atoms with Crippen molar-refractivity contribution in [1.82, 2.24) is 29.1 Å². The molecule has 22 heteroatoms. The number of hydrogen-bond donors (Lipinski definition) is 11. The highest BCUT2D eigenvalue weighted by molar-refractivity contribution is 7.45. The van der Waals surface area contributed by atoms with Gasteiger partial charge in [-0.3, -0.25) is 19.6 Å². The van der Waals surface area contributed by atoms with Crippen LogP contribution in [0.3, 0.4) is 0 Å². The standard InChI is InChI=1S/C13H19N4O8P.C13H18N4O5/c1-2-5-3-17(9-6(5)10(21)16-13(14)15-9)11-7(19)8(20)12(23-11)24-25-26(22)4-18;1-2-5-3-17(10-7(5)11(21)16-13(14)15-10)12-9(20)8(19)6(4-18)22-12/h3,7-8,11-12,18-20,22H,2,4H2,1H3,(H3,14,15,16,21);3,6,8-9,12,18-20H,2,4H2,1H3,(H3,14,15,16,21)/t7?,8-,11-,12-,26?;6-,8+,9?,12-/m11/s1. The Balaban J connectivity index is 0.000000190. The molecule has 6 heterocycles. The van der Waals surface area contributed by atoms with Crippen LogP contribution in [-0.4, -0.2) is 114 Å². The molecule has 0 amide bonds. The van der Waals surface area contributed by atoms with Crippen molar-refractivity contribution in [2.24, 2.45) is 0 Å². The molecule has 13 N–H and O–H groups in total. The van der Waals surface area contributed by atoms with Crippen LogP contribution in [0.5, 0.6) is 0 Å². The van der Waals surface area contributed by atoms with E-state index in [0.717, 1.165) is 5.56 Å². The molecular formula is C26H37N8O13P. The topological polar surface area (TPSA) is 332 Å². The van der Waals surface area contributed by atoms with Crippen LogP contribution >= 0.6 is 8.38 Å². The number of nitrogens with two attached hydrogens (primary N) is 2. The molecule has 4 aromatic rings. The van der Waals surface area contributed by atoms with E-state index in [1.54, 1.807) is 12.4 Å². The second-order valence-electron chi connectivity index (χ2n) is 10.9. The minimum Gasteiger partial charge on any atom is -0.394 e.